The van der Waals surface area contributed by atoms with E-state index in [4.69, 9.17) is 11.6 Å². The normalized spacial score (nSPS) is 29.0. The van der Waals surface area contributed by atoms with Gasteiger partial charge in [-0.15, -0.1) is 0 Å². The number of hydrazine groups is 1. The van der Waals surface area contributed by atoms with E-state index >= 15 is 4.79 Å². The molecule has 2 aliphatic heterocycles. The predicted molar refractivity (Wildman–Crippen MR) is 164 cm³/mol. The molecule has 0 aromatic heterocycles. The number of carbonyl (C=O) groups is 4. The van der Waals surface area contributed by atoms with Crippen LogP contribution in [0, 0.1) is 43.3 Å². The molecule has 3 aromatic carbocycles. The van der Waals surface area contributed by atoms with Gasteiger partial charge in [0.25, 0.3) is 11.8 Å². The number of imide groups is 2. The molecule has 7 rings (SSSR count). The molecular weight excluding hydrogens is 597 g/mol. The van der Waals surface area contributed by atoms with Crippen molar-refractivity contribution in [1.82, 2.24) is 9.91 Å². The summed E-state index contributed by atoms with van der Waals surface area (Å²) in [5.41, 5.74) is 5.16. The maximum atomic E-state index is 15.0. The number of nitrogens with one attached hydrogen (secondary N) is 1. The minimum Gasteiger partial charge on any atom is -0.507 e. The van der Waals surface area contributed by atoms with Gasteiger partial charge in [-0.05, 0) is 91.3 Å². The topological polar surface area (TPSA) is 107 Å². The Morgan fingerprint density at radius 2 is 1.56 bits per heavy atom. The van der Waals surface area contributed by atoms with E-state index in [0.29, 0.717) is 39.4 Å². The summed E-state index contributed by atoms with van der Waals surface area (Å²) in [5.74, 6) is -5.14. The van der Waals surface area contributed by atoms with Gasteiger partial charge in [-0.2, -0.15) is 5.01 Å². The third kappa shape index (κ3) is 4.09. The van der Waals surface area contributed by atoms with E-state index in [-0.39, 0.29) is 24.0 Å². The number of hydrogen-bond acceptors (Lipinski definition) is 6. The molecule has 0 radical (unpaired) electrons. The summed E-state index contributed by atoms with van der Waals surface area (Å²) >= 11 is 6.31. The van der Waals surface area contributed by atoms with Crippen molar-refractivity contribution in [2.75, 3.05) is 12.5 Å². The van der Waals surface area contributed by atoms with Crippen molar-refractivity contribution in [2.24, 2.45) is 23.7 Å². The number of aromatic hydroxyl groups is 1. The van der Waals surface area contributed by atoms with Gasteiger partial charge >= 0.3 is 0 Å². The molecule has 230 valence electrons. The van der Waals surface area contributed by atoms with E-state index in [1.165, 1.54) is 36.2 Å². The van der Waals surface area contributed by atoms with Crippen molar-refractivity contribution in [2.45, 2.75) is 38.0 Å². The number of phenols is 1. The van der Waals surface area contributed by atoms with E-state index in [1.807, 2.05) is 18.2 Å². The Hall–Kier alpha value is -4.50. The number of rotatable bonds is 4. The highest BCUT2D eigenvalue weighted by atomic mass is 35.5. The second kappa shape index (κ2) is 10.3. The van der Waals surface area contributed by atoms with Crippen LogP contribution in [0.4, 0.5) is 10.1 Å². The molecule has 8 nitrogen and oxygen atoms in total. The Balaban J connectivity index is 1.49. The number of hydrogen-bond donors (Lipinski definition) is 2. The van der Waals surface area contributed by atoms with Gasteiger partial charge in [-0.1, -0.05) is 47.5 Å². The number of anilines is 1. The summed E-state index contributed by atoms with van der Waals surface area (Å²) in [5, 5.41) is 12.2. The highest BCUT2D eigenvalue weighted by Crippen LogP contribution is 2.64. The zero-order valence-corrected chi connectivity index (χ0v) is 25.6. The highest BCUT2D eigenvalue weighted by molar-refractivity contribution is 6.30. The van der Waals surface area contributed by atoms with Crippen molar-refractivity contribution in [3.8, 4) is 5.75 Å². The molecule has 6 atom stereocenters. The molecule has 2 heterocycles. The summed E-state index contributed by atoms with van der Waals surface area (Å²) in [6.45, 7) is 3.56. The van der Waals surface area contributed by atoms with Gasteiger partial charge in [0.15, 0.2) is 0 Å². The molecule has 2 N–H and O–H groups in total. The SMILES string of the molecule is Cc1cc(C2C3=CCC4C(=O)N(C)C(=O)C4C3CC3C(=O)N(Nc4ccc(F)cc4)C(=O)C32c2ccc(Cl)cc2)cc(C)c1O. The first kappa shape index (κ1) is 29.2. The lowest BCUT2D eigenvalue weighted by Crippen LogP contribution is -2.53. The van der Waals surface area contributed by atoms with E-state index in [2.05, 4.69) is 5.43 Å². The fraction of sp³-hybridized carbons (Fsp3) is 0.314. The van der Waals surface area contributed by atoms with E-state index in [1.54, 1.807) is 38.1 Å². The van der Waals surface area contributed by atoms with Crippen LogP contribution >= 0.6 is 11.6 Å². The zero-order valence-electron chi connectivity index (χ0n) is 24.9. The lowest BCUT2D eigenvalue weighted by Gasteiger charge is -2.50. The predicted octanol–water partition coefficient (Wildman–Crippen LogP) is 5.42. The fourth-order valence-electron chi connectivity index (χ4n) is 8.34. The second-order valence-corrected chi connectivity index (χ2v) is 13.0. The molecule has 3 aromatic rings. The van der Waals surface area contributed by atoms with Gasteiger partial charge in [-0.25, -0.2) is 4.39 Å². The smallest absolute Gasteiger partial charge is 0.260 e. The van der Waals surface area contributed by atoms with E-state index in [9.17, 15) is 23.9 Å². The molecule has 6 unspecified atom stereocenters. The number of nitrogens with zero attached hydrogens (tertiary/aromatic N) is 2. The average molecular weight is 628 g/mol. The van der Waals surface area contributed by atoms with Crippen LogP contribution in [0.2, 0.25) is 5.02 Å². The van der Waals surface area contributed by atoms with Crippen LogP contribution in [0.15, 0.2) is 72.3 Å². The minimum atomic E-state index is -1.46. The molecule has 3 fully saturated rings. The van der Waals surface area contributed by atoms with Crippen LogP contribution in [0.3, 0.4) is 0 Å². The van der Waals surface area contributed by atoms with Crippen LogP contribution in [0.25, 0.3) is 0 Å². The first-order valence-electron chi connectivity index (χ1n) is 14.9. The summed E-state index contributed by atoms with van der Waals surface area (Å²) in [4.78, 5) is 57.5. The van der Waals surface area contributed by atoms with Gasteiger partial charge in [0.1, 0.15) is 11.6 Å². The lowest BCUT2D eigenvalue weighted by molar-refractivity contribution is -0.140. The zero-order chi connectivity index (χ0) is 31.9. The molecule has 2 aliphatic carbocycles. The van der Waals surface area contributed by atoms with Crippen LogP contribution in [-0.2, 0) is 24.6 Å². The highest BCUT2D eigenvalue weighted by Gasteiger charge is 2.70. The molecule has 4 aliphatic rings. The second-order valence-electron chi connectivity index (χ2n) is 12.6. The number of amides is 4. The first-order valence-corrected chi connectivity index (χ1v) is 15.3. The van der Waals surface area contributed by atoms with E-state index < -0.39 is 52.6 Å². The van der Waals surface area contributed by atoms with Crippen molar-refractivity contribution in [3.05, 3.63) is 105 Å². The molecule has 45 heavy (non-hydrogen) atoms. The summed E-state index contributed by atoms with van der Waals surface area (Å²) < 4.78 is 13.7. The van der Waals surface area contributed by atoms with Crippen LogP contribution in [0.1, 0.15) is 41.0 Å². The maximum Gasteiger partial charge on any atom is 0.260 e. The van der Waals surface area contributed by atoms with Gasteiger partial charge in [-0.3, -0.25) is 29.5 Å². The fourth-order valence-corrected chi connectivity index (χ4v) is 8.47. The Bertz CT molecular complexity index is 1800. The van der Waals surface area contributed by atoms with Crippen LogP contribution < -0.4 is 5.43 Å². The standard InChI is InChI=1S/C35H31ClFN3O5/c1-17-14-19(15-18(2)30(17)41)29-24-12-13-25-28(33(44)39(3)31(25)42)26(24)16-27-32(43)40(38-23-10-8-22(37)9-11-23)34(45)35(27,29)20-4-6-21(36)7-5-20/h4-12,14-15,25-29,38,41H,13,16H2,1-3H3. The number of carbonyl (C=O) groups excluding carboxylic acids is 4. The number of likely N-dealkylation sites (tertiary alicyclic amines) is 1. The Labute approximate surface area is 264 Å². The summed E-state index contributed by atoms with van der Waals surface area (Å²) in [7, 11) is 1.49. The quantitative estimate of drug-likeness (QED) is 0.296. The number of aryl methyl sites for hydroxylation is 2. The Morgan fingerprint density at radius 1 is 0.911 bits per heavy atom. The number of phenolic OH excluding ortho intramolecular Hbond substituents is 1. The van der Waals surface area contributed by atoms with E-state index in [0.717, 1.165) is 10.6 Å². The van der Waals surface area contributed by atoms with Crippen LogP contribution in [0.5, 0.6) is 5.75 Å². The number of halogens is 2. The number of benzene rings is 3. The molecule has 0 spiro atoms. The lowest BCUT2D eigenvalue weighted by atomic mass is 9.49. The minimum absolute atomic E-state index is 0.132. The molecule has 1 saturated carbocycles. The average Bonchev–Trinajstić information content (AvgIpc) is 3.37. The van der Waals surface area contributed by atoms with Crippen molar-refractivity contribution in [1.29, 1.82) is 0 Å². The first-order chi connectivity index (χ1) is 21.4. The van der Waals surface area contributed by atoms with Gasteiger partial charge in [0, 0.05) is 18.0 Å². The summed E-state index contributed by atoms with van der Waals surface area (Å²) in [6.07, 6.45) is 2.49. The third-order valence-corrected chi connectivity index (χ3v) is 10.6. The third-order valence-electron chi connectivity index (χ3n) is 10.3. The molecular formula is C35H31ClFN3O5. The monoisotopic (exact) mass is 627 g/mol. The maximum absolute atomic E-state index is 15.0. The van der Waals surface area contributed by atoms with Crippen molar-refractivity contribution >= 4 is 40.9 Å². The number of allylic oxidation sites excluding steroid dienone is 2. The van der Waals surface area contributed by atoms with Crippen LogP contribution in [-0.4, -0.2) is 45.7 Å². The molecule has 2 saturated heterocycles. The Kier molecular flexibility index (Phi) is 6.67. The molecule has 0 bridgehead atoms. The number of fused-ring (bicyclic) bond motifs is 4. The Morgan fingerprint density at radius 3 is 2.20 bits per heavy atom. The van der Waals surface area contributed by atoms with Crippen molar-refractivity contribution in [3.63, 3.8) is 0 Å². The van der Waals surface area contributed by atoms with Gasteiger partial charge < -0.3 is 5.11 Å². The van der Waals surface area contributed by atoms with Crippen molar-refractivity contribution < 1.29 is 28.7 Å². The largest absolute Gasteiger partial charge is 0.507 e. The van der Waals surface area contributed by atoms with Gasteiger partial charge in [0.05, 0.1) is 28.9 Å². The molecule has 4 amide bonds. The van der Waals surface area contributed by atoms with Gasteiger partial charge in [0.2, 0.25) is 11.8 Å². The summed E-state index contributed by atoms with van der Waals surface area (Å²) in [6, 6.07) is 15.9. The molecule has 10 heteroatoms.